The first-order chi connectivity index (χ1) is 8.22. The molecule has 0 aromatic heterocycles. The molecule has 0 bridgehead atoms. The van der Waals surface area contributed by atoms with Gasteiger partial charge in [-0.15, -0.1) is 0 Å². The van der Waals surface area contributed by atoms with Gasteiger partial charge in [-0.2, -0.15) is 0 Å². The molecular weight excluding hydrogens is 218 g/mol. The molecule has 0 aliphatic heterocycles. The van der Waals surface area contributed by atoms with Gasteiger partial charge in [0.2, 0.25) is 0 Å². The van der Waals surface area contributed by atoms with E-state index in [1.807, 2.05) is 0 Å². The van der Waals surface area contributed by atoms with Crippen molar-refractivity contribution in [3.8, 4) is 0 Å². The average molecular weight is 243 g/mol. The van der Waals surface area contributed by atoms with Crippen LogP contribution >= 0.6 is 0 Å². The van der Waals surface area contributed by atoms with E-state index in [-0.39, 0.29) is 5.41 Å². The summed E-state index contributed by atoms with van der Waals surface area (Å²) in [5.74, 6) is 0.340. The van der Waals surface area contributed by atoms with E-state index in [0.29, 0.717) is 18.9 Å². The van der Waals surface area contributed by atoms with Gasteiger partial charge in [-0.3, -0.25) is 0 Å². The van der Waals surface area contributed by atoms with E-state index >= 15 is 0 Å². The van der Waals surface area contributed by atoms with E-state index in [4.69, 9.17) is 16.0 Å². The highest BCUT2D eigenvalue weighted by Gasteiger charge is 2.42. The number of aliphatic hydroxyl groups is 1. The summed E-state index contributed by atoms with van der Waals surface area (Å²) in [6.45, 7) is 2.28. The first-order valence-electron chi connectivity index (χ1n) is 6.50. The molecule has 0 amide bonds. The Balaban J connectivity index is 1.99. The molecule has 100 valence electrons. The third-order valence-electron chi connectivity index (χ3n) is 3.40. The number of unbranched alkanes of at least 4 members (excludes halogenated alkanes) is 3. The van der Waals surface area contributed by atoms with Gasteiger partial charge in [0.1, 0.15) is 5.84 Å². The summed E-state index contributed by atoms with van der Waals surface area (Å²) >= 11 is 0. The normalized spacial score (nSPS) is 18.3. The topological polar surface area (TPSA) is 90.9 Å². The molecule has 0 aromatic rings. The quantitative estimate of drug-likeness (QED) is 0.152. The third-order valence-corrected chi connectivity index (χ3v) is 3.40. The number of amidine groups is 1. The number of nitrogens with zero attached hydrogens (tertiary/aromatic N) is 1. The summed E-state index contributed by atoms with van der Waals surface area (Å²) in [6, 6.07) is 0. The van der Waals surface area contributed by atoms with E-state index in [0.717, 1.165) is 32.4 Å². The lowest BCUT2D eigenvalue weighted by atomic mass is 10.0. The van der Waals surface area contributed by atoms with E-state index in [9.17, 15) is 0 Å². The zero-order chi connectivity index (χ0) is 12.6. The Morgan fingerprint density at radius 2 is 1.94 bits per heavy atom. The largest absolute Gasteiger partial charge is 0.409 e. The van der Waals surface area contributed by atoms with E-state index in [1.165, 1.54) is 19.3 Å². The maximum atomic E-state index is 8.63. The Morgan fingerprint density at radius 3 is 2.53 bits per heavy atom. The van der Waals surface area contributed by atoms with E-state index in [1.54, 1.807) is 0 Å². The van der Waals surface area contributed by atoms with Crippen LogP contribution in [0.1, 0.15) is 44.9 Å². The smallest absolute Gasteiger partial charge is 0.139 e. The molecule has 5 N–H and O–H groups in total. The average Bonchev–Trinajstić information content (AvgIpc) is 3.08. The first kappa shape index (κ1) is 14.3. The zero-order valence-corrected chi connectivity index (χ0v) is 10.5. The fourth-order valence-corrected chi connectivity index (χ4v) is 2.08. The van der Waals surface area contributed by atoms with Crippen LogP contribution in [0.5, 0.6) is 0 Å². The van der Waals surface area contributed by atoms with Crippen molar-refractivity contribution < 1.29 is 10.3 Å². The van der Waals surface area contributed by atoms with Gasteiger partial charge in [-0.05, 0) is 37.6 Å². The summed E-state index contributed by atoms with van der Waals surface area (Å²) < 4.78 is 0. The van der Waals surface area contributed by atoms with Crippen LogP contribution in [0.25, 0.3) is 0 Å². The molecule has 0 unspecified atom stereocenters. The zero-order valence-electron chi connectivity index (χ0n) is 10.5. The molecule has 0 saturated heterocycles. The molecule has 0 aromatic carbocycles. The van der Waals surface area contributed by atoms with E-state index in [2.05, 4.69) is 10.5 Å². The van der Waals surface area contributed by atoms with Crippen molar-refractivity contribution >= 4 is 5.84 Å². The minimum Gasteiger partial charge on any atom is -0.409 e. The van der Waals surface area contributed by atoms with Crippen LogP contribution in [-0.4, -0.2) is 35.8 Å². The van der Waals surface area contributed by atoms with Crippen molar-refractivity contribution in [1.82, 2.24) is 5.32 Å². The predicted molar refractivity (Wildman–Crippen MR) is 68.1 cm³/mol. The van der Waals surface area contributed by atoms with Gasteiger partial charge in [0.15, 0.2) is 0 Å². The van der Waals surface area contributed by atoms with E-state index < -0.39 is 0 Å². The van der Waals surface area contributed by atoms with Gasteiger partial charge in [-0.25, -0.2) is 0 Å². The fraction of sp³-hybridized carbons (Fsp3) is 0.917. The van der Waals surface area contributed by atoms with Crippen molar-refractivity contribution in [3.63, 3.8) is 0 Å². The summed E-state index contributed by atoms with van der Waals surface area (Å²) in [4.78, 5) is 0. The van der Waals surface area contributed by atoms with Crippen LogP contribution < -0.4 is 11.1 Å². The third kappa shape index (κ3) is 5.89. The summed E-state index contributed by atoms with van der Waals surface area (Å²) in [5, 5.41) is 23.6. The molecule has 17 heavy (non-hydrogen) atoms. The lowest BCUT2D eigenvalue weighted by Gasteiger charge is -2.14. The van der Waals surface area contributed by atoms with Crippen LogP contribution in [0.3, 0.4) is 0 Å². The Morgan fingerprint density at radius 1 is 1.24 bits per heavy atom. The number of nitrogens with two attached hydrogens (primary N) is 1. The second kappa shape index (κ2) is 7.50. The summed E-state index contributed by atoms with van der Waals surface area (Å²) in [5.41, 5.74) is 5.78. The van der Waals surface area contributed by atoms with Crippen molar-refractivity contribution in [3.05, 3.63) is 0 Å². The Hall–Kier alpha value is -0.810. The van der Waals surface area contributed by atoms with Gasteiger partial charge in [0.25, 0.3) is 0 Å². The molecule has 5 heteroatoms. The van der Waals surface area contributed by atoms with Gasteiger partial charge in [0, 0.05) is 19.6 Å². The predicted octanol–water partition coefficient (Wildman–Crippen LogP) is 1.05. The number of hydrogen-bond acceptors (Lipinski definition) is 4. The Kier molecular flexibility index (Phi) is 6.29. The molecule has 1 rings (SSSR count). The highest BCUT2D eigenvalue weighted by atomic mass is 16.4. The maximum absolute atomic E-state index is 8.63. The Bertz CT molecular complexity index is 240. The molecule has 1 saturated carbocycles. The lowest BCUT2D eigenvalue weighted by Crippen LogP contribution is -2.29. The molecule has 0 heterocycles. The highest BCUT2D eigenvalue weighted by molar-refractivity contribution is 5.80. The monoisotopic (exact) mass is 243 g/mol. The number of nitrogens with one attached hydrogen (secondary N) is 1. The van der Waals surface area contributed by atoms with Crippen molar-refractivity contribution in [2.75, 3.05) is 19.7 Å². The van der Waals surface area contributed by atoms with Crippen LogP contribution in [0.2, 0.25) is 0 Å². The first-order valence-corrected chi connectivity index (χ1v) is 6.50. The molecule has 0 atom stereocenters. The second-order valence-corrected chi connectivity index (χ2v) is 5.08. The summed E-state index contributed by atoms with van der Waals surface area (Å²) in [7, 11) is 0. The lowest BCUT2D eigenvalue weighted by molar-refractivity contribution is 0.282. The second-order valence-electron chi connectivity index (χ2n) is 5.08. The molecule has 0 spiro atoms. The van der Waals surface area contributed by atoms with Crippen LogP contribution in [0.4, 0.5) is 0 Å². The standard InChI is InChI=1S/C12H25N3O2/c13-11(15-17)9-12(5-6-12)10-14-7-3-1-2-4-8-16/h14,16-17H,1-10H2,(H2,13,15). The van der Waals surface area contributed by atoms with Crippen molar-refractivity contribution in [2.24, 2.45) is 16.3 Å². The fourth-order valence-electron chi connectivity index (χ4n) is 2.08. The minimum absolute atomic E-state index is 0.251. The van der Waals surface area contributed by atoms with Gasteiger partial charge in [-0.1, -0.05) is 18.0 Å². The SMILES string of the molecule is NC(CC1(CNCCCCCCO)CC1)=NO. The number of aliphatic hydroxyl groups excluding tert-OH is 1. The van der Waals surface area contributed by atoms with Gasteiger partial charge < -0.3 is 21.4 Å². The Labute approximate surface area is 103 Å². The maximum Gasteiger partial charge on any atom is 0.139 e. The molecular formula is C12H25N3O2. The van der Waals surface area contributed by atoms with Crippen LogP contribution in [0, 0.1) is 5.41 Å². The van der Waals surface area contributed by atoms with Crippen LogP contribution in [-0.2, 0) is 0 Å². The molecule has 1 fully saturated rings. The number of rotatable bonds is 10. The van der Waals surface area contributed by atoms with Crippen LogP contribution in [0.15, 0.2) is 5.16 Å². The summed E-state index contributed by atoms with van der Waals surface area (Å²) in [6.07, 6.45) is 7.36. The molecule has 5 nitrogen and oxygen atoms in total. The minimum atomic E-state index is 0.251. The number of hydrogen-bond donors (Lipinski definition) is 4. The van der Waals surface area contributed by atoms with Gasteiger partial charge >= 0.3 is 0 Å². The number of oxime groups is 1. The van der Waals surface area contributed by atoms with Crippen molar-refractivity contribution in [1.29, 1.82) is 0 Å². The molecule has 1 aliphatic rings. The van der Waals surface area contributed by atoms with Crippen molar-refractivity contribution in [2.45, 2.75) is 44.9 Å². The molecule has 1 aliphatic carbocycles. The van der Waals surface area contributed by atoms with Gasteiger partial charge in [0.05, 0.1) is 0 Å². The molecule has 0 radical (unpaired) electrons. The highest BCUT2D eigenvalue weighted by Crippen LogP contribution is 2.48.